The monoisotopic (exact) mass is 358 g/mol. The summed E-state index contributed by atoms with van der Waals surface area (Å²) in [6, 6.07) is 16.8. The Balaban J connectivity index is 1.48. The fourth-order valence-corrected chi connectivity index (χ4v) is 3.56. The van der Waals surface area contributed by atoms with Gasteiger partial charge in [0.15, 0.2) is 11.6 Å². The number of aromatic amines is 1. The van der Waals surface area contributed by atoms with Crippen molar-refractivity contribution in [2.45, 2.75) is 26.4 Å². The molecule has 0 bridgehead atoms. The topological polar surface area (TPSA) is 83.7 Å². The number of fused-ring (bicyclic) bond motifs is 1. The van der Waals surface area contributed by atoms with Gasteiger partial charge in [-0.15, -0.1) is 5.10 Å². The maximum absolute atomic E-state index is 5.36. The summed E-state index contributed by atoms with van der Waals surface area (Å²) in [5, 5.41) is 18.5. The van der Waals surface area contributed by atoms with Gasteiger partial charge in [-0.05, 0) is 38.7 Å². The molecule has 1 aliphatic rings. The molecule has 0 saturated heterocycles. The quantitative estimate of drug-likeness (QED) is 0.600. The van der Waals surface area contributed by atoms with Crippen molar-refractivity contribution in [3.63, 3.8) is 0 Å². The average Bonchev–Trinajstić information content (AvgIpc) is 3.47. The third-order valence-electron chi connectivity index (χ3n) is 4.99. The second kappa shape index (κ2) is 6.35. The molecule has 0 amide bonds. The van der Waals surface area contributed by atoms with Crippen LogP contribution in [0.25, 0.3) is 22.5 Å². The lowest BCUT2D eigenvalue weighted by molar-refractivity contribution is 0.386. The zero-order valence-electron chi connectivity index (χ0n) is 14.9. The highest BCUT2D eigenvalue weighted by molar-refractivity contribution is 5.81. The van der Waals surface area contributed by atoms with E-state index >= 15 is 0 Å². The minimum atomic E-state index is 0.669. The molecular weight excluding hydrogens is 340 g/mol. The predicted octanol–water partition coefficient (Wildman–Crippen LogP) is 3.60. The summed E-state index contributed by atoms with van der Waals surface area (Å²) in [5.74, 6) is 2.48. The van der Waals surface area contributed by atoms with Gasteiger partial charge in [-0.1, -0.05) is 48.5 Å². The van der Waals surface area contributed by atoms with Crippen LogP contribution in [0.4, 0.5) is 5.82 Å². The van der Waals surface area contributed by atoms with E-state index in [2.05, 4.69) is 61.9 Å². The van der Waals surface area contributed by atoms with Crippen LogP contribution < -0.4 is 4.90 Å². The van der Waals surface area contributed by atoms with Crippen molar-refractivity contribution in [2.75, 3.05) is 4.90 Å². The summed E-state index contributed by atoms with van der Waals surface area (Å²) in [4.78, 5) is 2.24. The number of rotatable bonds is 4. The Morgan fingerprint density at radius 1 is 1.04 bits per heavy atom. The highest BCUT2D eigenvalue weighted by Crippen LogP contribution is 2.34. The van der Waals surface area contributed by atoms with Crippen molar-refractivity contribution < 1.29 is 4.52 Å². The number of aryl methyl sites for hydroxylation is 1. The first kappa shape index (κ1) is 15.7. The second-order valence-corrected chi connectivity index (χ2v) is 6.64. The van der Waals surface area contributed by atoms with Crippen LogP contribution in [0.2, 0.25) is 0 Å². The molecule has 0 fully saturated rings. The summed E-state index contributed by atoms with van der Waals surface area (Å²) < 4.78 is 5.36. The van der Waals surface area contributed by atoms with Gasteiger partial charge in [-0.3, -0.25) is 0 Å². The van der Waals surface area contributed by atoms with Crippen LogP contribution >= 0.6 is 0 Å². The first-order chi connectivity index (χ1) is 13.3. The van der Waals surface area contributed by atoms with Crippen LogP contribution in [0.1, 0.15) is 23.8 Å². The van der Waals surface area contributed by atoms with Crippen molar-refractivity contribution >= 4 is 5.82 Å². The third kappa shape index (κ3) is 2.77. The highest BCUT2D eigenvalue weighted by atomic mass is 16.5. The molecule has 7 nitrogen and oxygen atoms in total. The van der Waals surface area contributed by atoms with Gasteiger partial charge in [0.1, 0.15) is 5.76 Å². The number of hydrogen-bond donors (Lipinski definition) is 1. The molecule has 1 aliphatic heterocycles. The number of nitrogens with zero attached hydrogens (tertiary/aromatic N) is 5. The molecule has 2 aromatic carbocycles. The third-order valence-corrected chi connectivity index (χ3v) is 4.99. The van der Waals surface area contributed by atoms with E-state index < -0.39 is 0 Å². The van der Waals surface area contributed by atoms with Gasteiger partial charge in [0.25, 0.3) is 0 Å². The Bertz CT molecular complexity index is 1090. The van der Waals surface area contributed by atoms with Gasteiger partial charge in [-0.2, -0.15) is 0 Å². The average molecular weight is 358 g/mol. The predicted molar refractivity (Wildman–Crippen MR) is 101 cm³/mol. The molecule has 3 heterocycles. The first-order valence-electron chi connectivity index (χ1n) is 8.97. The molecule has 0 unspecified atom stereocenters. The summed E-state index contributed by atoms with van der Waals surface area (Å²) in [5.41, 5.74) is 5.86. The lowest BCUT2D eigenvalue weighted by atomic mass is 9.96. The van der Waals surface area contributed by atoms with E-state index in [0.29, 0.717) is 5.82 Å². The Morgan fingerprint density at radius 3 is 2.67 bits per heavy atom. The molecule has 5 rings (SSSR count). The van der Waals surface area contributed by atoms with E-state index in [9.17, 15) is 0 Å². The number of hydrogen-bond acceptors (Lipinski definition) is 6. The van der Waals surface area contributed by atoms with Crippen molar-refractivity contribution in [2.24, 2.45) is 0 Å². The van der Waals surface area contributed by atoms with Crippen LogP contribution in [-0.2, 0) is 19.5 Å². The van der Waals surface area contributed by atoms with E-state index in [0.717, 1.165) is 47.8 Å². The van der Waals surface area contributed by atoms with Crippen LogP contribution in [0.15, 0.2) is 53.1 Å². The molecule has 4 aromatic rings. The van der Waals surface area contributed by atoms with E-state index in [4.69, 9.17) is 4.52 Å². The summed E-state index contributed by atoms with van der Waals surface area (Å²) in [6.45, 7) is 3.74. The maximum atomic E-state index is 5.36. The molecule has 27 heavy (non-hydrogen) atoms. The zero-order valence-corrected chi connectivity index (χ0v) is 14.9. The summed E-state index contributed by atoms with van der Waals surface area (Å²) >= 11 is 0. The molecular formula is C20H18N6O. The SMILES string of the molecule is CCc1cc(N2Cc3ccc(-c4ccccc4-c4nnn[nH]4)cc3C2)no1. The lowest BCUT2D eigenvalue weighted by Crippen LogP contribution is -2.14. The van der Waals surface area contributed by atoms with Crippen molar-refractivity contribution in [3.05, 3.63) is 65.4 Å². The summed E-state index contributed by atoms with van der Waals surface area (Å²) in [6.07, 6.45) is 0.852. The smallest absolute Gasteiger partial charge is 0.180 e. The zero-order chi connectivity index (χ0) is 18.2. The molecule has 7 heteroatoms. The molecule has 2 aromatic heterocycles. The van der Waals surface area contributed by atoms with Crippen LogP contribution in [0.5, 0.6) is 0 Å². The Kier molecular flexibility index (Phi) is 3.71. The van der Waals surface area contributed by atoms with Crippen LogP contribution in [0.3, 0.4) is 0 Å². The Morgan fingerprint density at radius 2 is 1.89 bits per heavy atom. The van der Waals surface area contributed by atoms with Gasteiger partial charge in [0, 0.05) is 31.1 Å². The molecule has 134 valence electrons. The van der Waals surface area contributed by atoms with E-state index in [1.807, 2.05) is 24.3 Å². The van der Waals surface area contributed by atoms with E-state index in [1.165, 1.54) is 11.1 Å². The van der Waals surface area contributed by atoms with Crippen molar-refractivity contribution in [1.29, 1.82) is 0 Å². The van der Waals surface area contributed by atoms with Gasteiger partial charge >= 0.3 is 0 Å². The van der Waals surface area contributed by atoms with Gasteiger partial charge in [0.2, 0.25) is 0 Å². The molecule has 1 N–H and O–H groups in total. The minimum Gasteiger partial charge on any atom is -0.359 e. The minimum absolute atomic E-state index is 0.669. The van der Waals surface area contributed by atoms with Crippen LogP contribution in [0, 0.1) is 0 Å². The lowest BCUT2D eigenvalue weighted by Gasteiger charge is -2.12. The first-order valence-corrected chi connectivity index (χ1v) is 8.97. The molecule has 0 radical (unpaired) electrons. The number of nitrogens with one attached hydrogen (secondary N) is 1. The molecule has 0 aliphatic carbocycles. The normalized spacial score (nSPS) is 13.1. The molecule has 0 spiro atoms. The number of anilines is 1. The van der Waals surface area contributed by atoms with E-state index in [1.54, 1.807) is 0 Å². The Labute approximate surface area is 156 Å². The highest BCUT2D eigenvalue weighted by Gasteiger charge is 2.22. The largest absolute Gasteiger partial charge is 0.359 e. The van der Waals surface area contributed by atoms with Crippen molar-refractivity contribution in [1.82, 2.24) is 25.8 Å². The van der Waals surface area contributed by atoms with Crippen LogP contribution in [-0.4, -0.2) is 25.8 Å². The molecule has 0 atom stereocenters. The van der Waals surface area contributed by atoms with Gasteiger partial charge in [0.05, 0.1) is 0 Å². The maximum Gasteiger partial charge on any atom is 0.180 e. The van der Waals surface area contributed by atoms with Crippen molar-refractivity contribution in [3.8, 4) is 22.5 Å². The second-order valence-electron chi connectivity index (χ2n) is 6.64. The Hall–Kier alpha value is -3.48. The number of tetrazole rings is 1. The summed E-state index contributed by atoms with van der Waals surface area (Å²) in [7, 11) is 0. The standard InChI is InChI=1S/C20H18N6O/c1-2-16-10-19(23-27-16)26-11-14-8-7-13(9-15(14)12-26)17-5-3-4-6-18(17)20-21-24-25-22-20/h3-10H,2,11-12H2,1H3,(H,21,22,24,25). The fraction of sp³-hybridized carbons (Fsp3) is 0.200. The fourth-order valence-electron chi connectivity index (χ4n) is 3.56. The number of aromatic nitrogens is 5. The molecule has 0 saturated carbocycles. The van der Waals surface area contributed by atoms with E-state index in [-0.39, 0.29) is 0 Å². The van der Waals surface area contributed by atoms with Gasteiger partial charge < -0.3 is 9.42 Å². The van der Waals surface area contributed by atoms with Gasteiger partial charge in [-0.25, -0.2) is 5.10 Å². The number of benzene rings is 2. The number of H-pyrrole nitrogens is 1.